The molecule has 0 saturated carbocycles. The number of rotatable bonds is 2. The van der Waals surface area contributed by atoms with Gasteiger partial charge in [0.2, 0.25) is 0 Å². The number of nitrogens with zero attached hydrogens (tertiary/aromatic N) is 3. The largest absolute Gasteiger partial charge is 0.215 e. The third-order valence-electron chi connectivity index (χ3n) is 1.89. The predicted octanol–water partition coefficient (Wildman–Crippen LogP) is 3.42. The van der Waals surface area contributed by atoms with Gasteiger partial charge in [0.15, 0.2) is 0 Å². The Kier molecular flexibility index (Phi) is 3.29. The molecule has 0 radical (unpaired) electrons. The van der Waals surface area contributed by atoms with E-state index in [1.165, 1.54) is 0 Å². The maximum Gasteiger partial charge on any atom is 0.0810 e. The van der Waals surface area contributed by atoms with Gasteiger partial charge in [-0.2, -0.15) is 0 Å². The molecule has 0 saturated heterocycles. The van der Waals surface area contributed by atoms with Crippen molar-refractivity contribution in [2.75, 3.05) is 0 Å². The van der Waals surface area contributed by atoms with Gasteiger partial charge < -0.3 is 0 Å². The van der Waals surface area contributed by atoms with Crippen molar-refractivity contribution in [1.82, 2.24) is 15.0 Å². The third-order valence-corrected chi connectivity index (χ3v) is 3.04. The second-order valence-corrected chi connectivity index (χ2v) is 4.42. The molecule has 0 amide bonds. The van der Waals surface area contributed by atoms with Crippen LogP contribution in [-0.4, -0.2) is 15.0 Å². The zero-order valence-electron chi connectivity index (χ0n) is 7.49. The van der Waals surface area contributed by atoms with E-state index in [9.17, 15) is 0 Å². The second-order valence-electron chi connectivity index (χ2n) is 2.87. The molecule has 1 aromatic heterocycles. The fourth-order valence-electron chi connectivity index (χ4n) is 1.20. The topological polar surface area (TPSA) is 30.7 Å². The number of benzene rings is 1. The molecule has 0 aliphatic heterocycles. The average molecular weight is 307 g/mol. The van der Waals surface area contributed by atoms with Crippen molar-refractivity contribution in [1.29, 1.82) is 0 Å². The van der Waals surface area contributed by atoms with Crippen LogP contribution in [0.25, 0.3) is 5.69 Å². The highest BCUT2D eigenvalue weighted by molar-refractivity contribution is 9.10. The molecule has 0 fully saturated rings. The summed E-state index contributed by atoms with van der Waals surface area (Å²) in [6, 6.07) is 5.45. The Labute approximate surface area is 105 Å². The number of hydrogen-bond acceptors (Lipinski definition) is 2. The minimum atomic E-state index is 0.363. The molecule has 0 aliphatic carbocycles. The quantitative estimate of drug-likeness (QED) is 0.796. The average Bonchev–Trinajstić information content (AvgIpc) is 2.65. The first-order valence-corrected chi connectivity index (χ1v) is 5.84. The lowest BCUT2D eigenvalue weighted by atomic mass is 10.3. The molecular weight excluding hydrogens is 301 g/mol. The van der Waals surface area contributed by atoms with Crippen molar-refractivity contribution in [2.45, 2.75) is 5.88 Å². The monoisotopic (exact) mass is 305 g/mol. The van der Waals surface area contributed by atoms with E-state index in [0.29, 0.717) is 10.9 Å². The van der Waals surface area contributed by atoms with Crippen molar-refractivity contribution in [2.24, 2.45) is 0 Å². The maximum absolute atomic E-state index is 5.85. The smallest absolute Gasteiger partial charge is 0.0810 e. The van der Waals surface area contributed by atoms with Gasteiger partial charge in [0.05, 0.1) is 23.5 Å². The van der Waals surface area contributed by atoms with Crippen LogP contribution in [0.1, 0.15) is 5.69 Å². The normalized spacial score (nSPS) is 10.6. The van der Waals surface area contributed by atoms with Gasteiger partial charge in [-0.1, -0.05) is 16.8 Å². The third kappa shape index (κ3) is 2.17. The van der Waals surface area contributed by atoms with Crippen LogP contribution in [0, 0.1) is 0 Å². The van der Waals surface area contributed by atoms with Crippen LogP contribution in [-0.2, 0) is 5.88 Å². The Morgan fingerprint density at radius 3 is 2.87 bits per heavy atom. The summed E-state index contributed by atoms with van der Waals surface area (Å²) < 4.78 is 2.53. The first-order valence-electron chi connectivity index (χ1n) is 4.13. The Hall–Kier alpha value is -0.580. The Morgan fingerprint density at radius 1 is 1.40 bits per heavy atom. The van der Waals surface area contributed by atoms with Crippen molar-refractivity contribution in [3.63, 3.8) is 0 Å². The highest BCUT2D eigenvalue weighted by Crippen LogP contribution is 2.25. The van der Waals surface area contributed by atoms with Crippen LogP contribution in [0.15, 0.2) is 28.9 Å². The molecule has 2 aromatic rings. The molecule has 0 atom stereocenters. The number of aromatic nitrogens is 3. The van der Waals surface area contributed by atoms with Gasteiger partial charge in [-0.05, 0) is 34.1 Å². The minimum absolute atomic E-state index is 0.363. The Morgan fingerprint density at radius 2 is 2.20 bits per heavy atom. The molecule has 2 rings (SSSR count). The van der Waals surface area contributed by atoms with Gasteiger partial charge in [0, 0.05) is 9.50 Å². The summed E-state index contributed by atoms with van der Waals surface area (Å²) in [6.07, 6.45) is 1.63. The molecule has 0 N–H and O–H groups in total. The van der Waals surface area contributed by atoms with Crippen molar-refractivity contribution in [3.05, 3.63) is 39.6 Å². The molecule has 15 heavy (non-hydrogen) atoms. The van der Waals surface area contributed by atoms with E-state index < -0.39 is 0 Å². The van der Waals surface area contributed by atoms with E-state index in [2.05, 4.69) is 26.2 Å². The number of halogens is 3. The Bertz CT molecular complexity index is 484. The SMILES string of the molecule is ClCc1cnnn1-c1ccc(Cl)cc1Br. The lowest BCUT2D eigenvalue weighted by Gasteiger charge is -2.06. The molecule has 0 spiro atoms. The van der Waals surface area contributed by atoms with E-state index in [0.717, 1.165) is 15.9 Å². The minimum Gasteiger partial charge on any atom is -0.215 e. The first-order chi connectivity index (χ1) is 7.22. The fourth-order valence-corrected chi connectivity index (χ4v) is 2.24. The number of alkyl halides is 1. The summed E-state index contributed by atoms with van der Waals surface area (Å²) in [4.78, 5) is 0. The van der Waals surface area contributed by atoms with Crippen LogP contribution in [0.4, 0.5) is 0 Å². The maximum atomic E-state index is 5.85. The summed E-state index contributed by atoms with van der Waals surface area (Å²) in [5, 5.41) is 8.43. The standard InChI is InChI=1S/C9H6BrCl2N3/c10-8-3-6(12)1-2-9(8)15-7(4-11)5-13-14-15/h1-3,5H,4H2. The molecular formula is C9H6BrCl2N3. The van der Waals surface area contributed by atoms with Crippen LogP contribution in [0.5, 0.6) is 0 Å². The van der Waals surface area contributed by atoms with Crippen molar-refractivity contribution >= 4 is 39.1 Å². The molecule has 1 aromatic carbocycles. The molecule has 0 bridgehead atoms. The lowest BCUT2D eigenvalue weighted by molar-refractivity contribution is 0.778. The van der Waals surface area contributed by atoms with Gasteiger partial charge >= 0.3 is 0 Å². The van der Waals surface area contributed by atoms with E-state index in [-0.39, 0.29) is 0 Å². The first kappa shape index (κ1) is 10.9. The van der Waals surface area contributed by atoms with Gasteiger partial charge in [-0.3, -0.25) is 0 Å². The Balaban J connectivity index is 2.54. The van der Waals surface area contributed by atoms with E-state index in [1.807, 2.05) is 6.07 Å². The van der Waals surface area contributed by atoms with Crippen LogP contribution < -0.4 is 0 Å². The van der Waals surface area contributed by atoms with E-state index in [1.54, 1.807) is 23.0 Å². The lowest BCUT2D eigenvalue weighted by Crippen LogP contribution is -2.01. The van der Waals surface area contributed by atoms with Crippen molar-refractivity contribution < 1.29 is 0 Å². The summed E-state index contributed by atoms with van der Waals surface area (Å²) in [5.74, 6) is 0.363. The van der Waals surface area contributed by atoms with Crippen LogP contribution >= 0.6 is 39.1 Å². The summed E-state index contributed by atoms with van der Waals surface area (Å²) in [7, 11) is 0. The highest BCUT2D eigenvalue weighted by atomic mass is 79.9. The molecule has 0 unspecified atom stereocenters. The molecule has 1 heterocycles. The van der Waals surface area contributed by atoms with Gasteiger partial charge in [0.25, 0.3) is 0 Å². The second kappa shape index (κ2) is 4.51. The summed E-state index contributed by atoms with van der Waals surface area (Å²) >= 11 is 15.0. The molecule has 0 aliphatic rings. The molecule has 78 valence electrons. The zero-order chi connectivity index (χ0) is 10.8. The van der Waals surface area contributed by atoms with E-state index in [4.69, 9.17) is 23.2 Å². The van der Waals surface area contributed by atoms with Gasteiger partial charge in [0.1, 0.15) is 0 Å². The predicted molar refractivity (Wildman–Crippen MR) is 63.6 cm³/mol. The van der Waals surface area contributed by atoms with Crippen LogP contribution in [0.3, 0.4) is 0 Å². The zero-order valence-corrected chi connectivity index (χ0v) is 10.6. The molecule has 3 nitrogen and oxygen atoms in total. The number of hydrogen-bond donors (Lipinski definition) is 0. The fraction of sp³-hybridized carbons (Fsp3) is 0.111. The summed E-state index contributed by atoms with van der Waals surface area (Å²) in [5.41, 5.74) is 1.70. The molecule has 6 heteroatoms. The highest BCUT2D eigenvalue weighted by Gasteiger charge is 2.08. The van der Waals surface area contributed by atoms with Gasteiger partial charge in [-0.15, -0.1) is 16.7 Å². The van der Waals surface area contributed by atoms with Crippen molar-refractivity contribution in [3.8, 4) is 5.69 Å². The summed E-state index contributed by atoms with van der Waals surface area (Å²) in [6.45, 7) is 0. The van der Waals surface area contributed by atoms with Gasteiger partial charge in [-0.25, -0.2) is 4.68 Å². The van der Waals surface area contributed by atoms with Crippen LogP contribution in [0.2, 0.25) is 5.02 Å². The van der Waals surface area contributed by atoms with E-state index >= 15 is 0 Å².